The van der Waals surface area contributed by atoms with Crippen molar-refractivity contribution in [3.05, 3.63) is 60.7 Å². The summed E-state index contributed by atoms with van der Waals surface area (Å²) in [6.45, 7) is 2.05. The molecular weight excluding hydrogens is 248 g/mol. The Balaban J connectivity index is 0.000000253. The number of phenolic OH excluding ortho intramolecular Hbond substituents is 2. The minimum Gasteiger partial charge on any atom is -0.508 e. The van der Waals surface area contributed by atoms with Crippen LogP contribution in [0.3, 0.4) is 0 Å². The van der Waals surface area contributed by atoms with Crippen LogP contribution in [0.5, 0.6) is 11.5 Å². The van der Waals surface area contributed by atoms with Gasteiger partial charge >= 0.3 is 0 Å². The summed E-state index contributed by atoms with van der Waals surface area (Å²) in [6.07, 6.45) is 1.08. The van der Waals surface area contributed by atoms with Crippen LogP contribution in [0.15, 0.2) is 60.7 Å². The van der Waals surface area contributed by atoms with E-state index in [1.807, 2.05) is 19.1 Å². The fraction of sp³-hybridized carbons (Fsp3) is 0.200. The Hall–Kier alpha value is -1.67. The summed E-state index contributed by atoms with van der Waals surface area (Å²) in [6, 6.07) is 17.4. The predicted octanol–water partition coefficient (Wildman–Crippen LogP) is 4.42. The van der Waals surface area contributed by atoms with Gasteiger partial charge in [0.25, 0.3) is 0 Å². The van der Waals surface area contributed by atoms with E-state index in [0.29, 0.717) is 11.5 Å². The summed E-state index contributed by atoms with van der Waals surface area (Å²) in [5.74, 6) is 1.44. The Morgan fingerprint density at radius 1 is 0.778 bits per heavy atom. The SMILES string of the molecule is CCCCl.Oc1ccccc1.Oc1ccccc1. The first-order chi connectivity index (χ1) is 8.70. The van der Waals surface area contributed by atoms with Crippen LogP contribution in [-0.2, 0) is 0 Å². The van der Waals surface area contributed by atoms with Crippen molar-refractivity contribution < 1.29 is 10.2 Å². The van der Waals surface area contributed by atoms with E-state index in [1.165, 1.54) is 0 Å². The Kier molecular flexibility index (Phi) is 10.7. The zero-order chi connectivity index (χ0) is 13.6. The summed E-state index contributed by atoms with van der Waals surface area (Å²) >= 11 is 5.19. The topological polar surface area (TPSA) is 40.5 Å². The van der Waals surface area contributed by atoms with Crippen LogP contribution >= 0.6 is 11.6 Å². The van der Waals surface area contributed by atoms with Crippen molar-refractivity contribution in [2.24, 2.45) is 0 Å². The molecule has 0 aliphatic carbocycles. The van der Waals surface area contributed by atoms with E-state index in [1.54, 1.807) is 48.5 Å². The largest absolute Gasteiger partial charge is 0.508 e. The third kappa shape index (κ3) is 10.8. The summed E-state index contributed by atoms with van der Waals surface area (Å²) < 4.78 is 0. The monoisotopic (exact) mass is 266 g/mol. The number of phenols is 2. The predicted molar refractivity (Wildman–Crippen MR) is 77.2 cm³/mol. The number of alkyl halides is 1. The molecule has 0 aliphatic heterocycles. The highest BCUT2D eigenvalue weighted by Crippen LogP contribution is 2.03. The molecule has 0 bridgehead atoms. The van der Waals surface area contributed by atoms with Gasteiger partial charge in [0.1, 0.15) is 11.5 Å². The molecule has 0 spiro atoms. The molecule has 2 nitrogen and oxygen atoms in total. The van der Waals surface area contributed by atoms with Gasteiger partial charge in [0, 0.05) is 5.88 Å². The molecule has 0 aliphatic rings. The lowest BCUT2D eigenvalue weighted by molar-refractivity contribution is 0.475. The van der Waals surface area contributed by atoms with Crippen LogP contribution in [0.25, 0.3) is 0 Å². The zero-order valence-corrected chi connectivity index (χ0v) is 11.2. The lowest BCUT2D eigenvalue weighted by atomic mass is 10.3. The molecule has 0 amide bonds. The molecule has 2 N–H and O–H groups in total. The molecule has 2 rings (SSSR count). The van der Waals surface area contributed by atoms with Crippen LogP contribution in [0.1, 0.15) is 13.3 Å². The van der Waals surface area contributed by atoms with Crippen LogP contribution in [-0.4, -0.2) is 16.1 Å². The number of rotatable bonds is 1. The number of halogens is 1. The highest BCUT2D eigenvalue weighted by atomic mass is 35.5. The van der Waals surface area contributed by atoms with Crippen LogP contribution in [0.4, 0.5) is 0 Å². The molecule has 0 saturated heterocycles. The Bertz CT molecular complexity index is 337. The van der Waals surface area contributed by atoms with E-state index in [2.05, 4.69) is 0 Å². The third-order valence-electron chi connectivity index (χ3n) is 1.70. The van der Waals surface area contributed by atoms with Crippen molar-refractivity contribution in [3.63, 3.8) is 0 Å². The molecule has 0 fully saturated rings. The fourth-order valence-electron chi connectivity index (χ4n) is 0.856. The van der Waals surface area contributed by atoms with Crippen molar-refractivity contribution >= 4 is 11.6 Å². The van der Waals surface area contributed by atoms with Crippen molar-refractivity contribution in [2.45, 2.75) is 13.3 Å². The second kappa shape index (κ2) is 11.8. The lowest BCUT2D eigenvalue weighted by Gasteiger charge is -1.82. The minimum absolute atomic E-state index is 0.322. The summed E-state index contributed by atoms with van der Waals surface area (Å²) in [7, 11) is 0. The molecular formula is C15H19ClO2. The van der Waals surface area contributed by atoms with Crippen molar-refractivity contribution in [1.29, 1.82) is 0 Å². The maximum Gasteiger partial charge on any atom is 0.115 e. The van der Waals surface area contributed by atoms with Gasteiger partial charge in [-0.05, 0) is 30.7 Å². The Morgan fingerprint density at radius 3 is 1.17 bits per heavy atom. The maximum absolute atomic E-state index is 8.63. The van der Waals surface area contributed by atoms with Gasteiger partial charge in [-0.3, -0.25) is 0 Å². The lowest BCUT2D eigenvalue weighted by Crippen LogP contribution is -1.56. The highest BCUT2D eigenvalue weighted by molar-refractivity contribution is 6.17. The first kappa shape index (κ1) is 16.3. The van der Waals surface area contributed by atoms with Crippen LogP contribution in [0.2, 0.25) is 0 Å². The molecule has 98 valence electrons. The molecule has 0 heterocycles. The van der Waals surface area contributed by atoms with Crippen molar-refractivity contribution in [1.82, 2.24) is 0 Å². The van der Waals surface area contributed by atoms with E-state index >= 15 is 0 Å². The Labute approximate surface area is 113 Å². The minimum atomic E-state index is 0.322. The number of hydrogen-bond donors (Lipinski definition) is 2. The van der Waals surface area contributed by atoms with Gasteiger partial charge in [-0.15, -0.1) is 11.6 Å². The van der Waals surface area contributed by atoms with E-state index in [9.17, 15) is 0 Å². The molecule has 0 aromatic heterocycles. The van der Waals surface area contributed by atoms with Crippen LogP contribution in [0, 0.1) is 0 Å². The van der Waals surface area contributed by atoms with Gasteiger partial charge in [0.05, 0.1) is 0 Å². The van der Waals surface area contributed by atoms with E-state index < -0.39 is 0 Å². The van der Waals surface area contributed by atoms with Gasteiger partial charge < -0.3 is 10.2 Å². The normalized spacial score (nSPS) is 8.33. The molecule has 0 saturated carbocycles. The number of aromatic hydroxyl groups is 2. The Morgan fingerprint density at radius 2 is 1.06 bits per heavy atom. The van der Waals surface area contributed by atoms with E-state index in [0.717, 1.165) is 12.3 Å². The quantitative estimate of drug-likeness (QED) is 0.750. The summed E-state index contributed by atoms with van der Waals surface area (Å²) in [5.41, 5.74) is 0. The summed E-state index contributed by atoms with van der Waals surface area (Å²) in [4.78, 5) is 0. The number of para-hydroxylation sites is 2. The highest BCUT2D eigenvalue weighted by Gasteiger charge is 1.75. The molecule has 3 heteroatoms. The standard InChI is InChI=1S/2C6H6O.C3H7Cl/c2*7-6-4-2-1-3-5-6;1-2-3-4/h2*1-5,7H;2-3H2,1H3. The van der Waals surface area contributed by atoms with Crippen LogP contribution < -0.4 is 0 Å². The van der Waals surface area contributed by atoms with Gasteiger partial charge in [-0.25, -0.2) is 0 Å². The second-order valence-electron chi connectivity index (χ2n) is 3.36. The molecule has 2 aromatic carbocycles. The number of benzene rings is 2. The molecule has 2 aromatic rings. The van der Waals surface area contributed by atoms with Gasteiger partial charge in [0.15, 0.2) is 0 Å². The third-order valence-corrected chi connectivity index (χ3v) is 2.08. The molecule has 18 heavy (non-hydrogen) atoms. The smallest absolute Gasteiger partial charge is 0.115 e. The number of hydrogen-bond acceptors (Lipinski definition) is 2. The molecule has 0 radical (unpaired) electrons. The first-order valence-electron chi connectivity index (χ1n) is 5.74. The maximum atomic E-state index is 8.63. The van der Waals surface area contributed by atoms with Gasteiger partial charge in [-0.1, -0.05) is 43.3 Å². The fourth-order valence-corrected chi connectivity index (χ4v) is 0.856. The van der Waals surface area contributed by atoms with E-state index in [4.69, 9.17) is 21.8 Å². The van der Waals surface area contributed by atoms with Crippen molar-refractivity contribution in [2.75, 3.05) is 5.88 Å². The van der Waals surface area contributed by atoms with Gasteiger partial charge in [-0.2, -0.15) is 0 Å². The second-order valence-corrected chi connectivity index (χ2v) is 3.74. The summed E-state index contributed by atoms with van der Waals surface area (Å²) in [5, 5.41) is 17.3. The average molecular weight is 267 g/mol. The van der Waals surface area contributed by atoms with Gasteiger partial charge in [0.2, 0.25) is 0 Å². The molecule has 0 unspecified atom stereocenters. The molecule has 0 atom stereocenters. The van der Waals surface area contributed by atoms with Crippen molar-refractivity contribution in [3.8, 4) is 11.5 Å². The zero-order valence-electron chi connectivity index (χ0n) is 10.5. The van der Waals surface area contributed by atoms with E-state index in [-0.39, 0.29) is 0 Å². The first-order valence-corrected chi connectivity index (χ1v) is 6.28. The average Bonchev–Trinajstić information content (AvgIpc) is 2.41.